The van der Waals surface area contributed by atoms with E-state index in [1.54, 1.807) is 5.57 Å². The first-order valence-electron chi connectivity index (χ1n) is 14.6. The van der Waals surface area contributed by atoms with E-state index in [1.807, 2.05) is 0 Å². The minimum Gasteiger partial charge on any atom is -0.303 e. The summed E-state index contributed by atoms with van der Waals surface area (Å²) in [7, 11) is 0. The zero-order chi connectivity index (χ0) is 23.0. The number of unbranched alkanes of at least 4 members (excludes halogenated alkanes) is 12. The number of nitrogens with zero attached hydrogens (tertiary/aromatic N) is 1. The maximum Gasteiger partial charge on any atom is -0.00187 e. The number of hydrogen-bond acceptors (Lipinski definition) is 1. The second-order valence-electron chi connectivity index (χ2n) is 10.1. The predicted molar refractivity (Wildman–Crippen MR) is 144 cm³/mol. The van der Waals surface area contributed by atoms with Crippen molar-refractivity contribution in [1.29, 1.82) is 0 Å². The van der Waals surface area contributed by atoms with E-state index < -0.39 is 0 Å². The van der Waals surface area contributed by atoms with E-state index >= 15 is 0 Å². The third-order valence-electron chi connectivity index (χ3n) is 6.98. The average molecular weight is 436 g/mol. The normalized spacial score (nSPS) is 12.5. The van der Waals surface area contributed by atoms with Gasteiger partial charge < -0.3 is 4.90 Å². The van der Waals surface area contributed by atoms with Crippen LogP contribution in [0.1, 0.15) is 156 Å². The van der Waals surface area contributed by atoms with E-state index in [0.29, 0.717) is 0 Å². The number of rotatable bonds is 25. The monoisotopic (exact) mass is 435 g/mol. The van der Waals surface area contributed by atoms with Crippen molar-refractivity contribution in [3.05, 3.63) is 12.2 Å². The first-order chi connectivity index (χ1) is 15.2. The first-order valence-corrected chi connectivity index (χ1v) is 14.6. The van der Waals surface area contributed by atoms with E-state index in [4.69, 9.17) is 0 Å². The molecule has 0 aliphatic heterocycles. The Morgan fingerprint density at radius 2 is 0.968 bits per heavy atom. The van der Waals surface area contributed by atoms with Gasteiger partial charge in [-0.3, -0.25) is 0 Å². The average Bonchev–Trinajstić information content (AvgIpc) is 2.77. The molecule has 0 bridgehead atoms. The highest BCUT2D eigenvalue weighted by atomic mass is 15.1. The summed E-state index contributed by atoms with van der Waals surface area (Å²) in [6.07, 6.45) is 27.7. The molecule has 1 atom stereocenters. The molecule has 0 saturated heterocycles. The minimum absolute atomic E-state index is 0.800. The summed E-state index contributed by atoms with van der Waals surface area (Å²) in [5, 5.41) is 0. The van der Waals surface area contributed by atoms with Crippen LogP contribution in [0.15, 0.2) is 12.2 Å². The molecule has 31 heavy (non-hydrogen) atoms. The Kier molecular flexibility index (Phi) is 24.1. The summed E-state index contributed by atoms with van der Waals surface area (Å²) < 4.78 is 0. The molecular weight excluding hydrogens is 374 g/mol. The smallest absolute Gasteiger partial charge is 0.00187 e. The van der Waals surface area contributed by atoms with Gasteiger partial charge in [0.25, 0.3) is 0 Å². The van der Waals surface area contributed by atoms with Crippen LogP contribution in [0, 0.1) is 5.92 Å². The molecule has 0 aromatic heterocycles. The van der Waals surface area contributed by atoms with Gasteiger partial charge in [-0.2, -0.15) is 0 Å². The second-order valence-corrected chi connectivity index (χ2v) is 10.1. The van der Waals surface area contributed by atoms with Crippen LogP contribution in [-0.4, -0.2) is 24.5 Å². The van der Waals surface area contributed by atoms with E-state index in [1.165, 1.54) is 148 Å². The standard InChI is InChI=1S/C30H61N/c1-6-10-13-15-16-20-25-30(24-19-14-11-7-2)29(5)23-18-17-22-28-31(26-9-4)27-21-12-8-3/h30H,5-28H2,1-4H3. The lowest BCUT2D eigenvalue weighted by Gasteiger charge is -2.22. The summed E-state index contributed by atoms with van der Waals surface area (Å²) in [5.41, 5.74) is 1.58. The molecule has 0 aromatic carbocycles. The van der Waals surface area contributed by atoms with Gasteiger partial charge in [-0.25, -0.2) is 0 Å². The van der Waals surface area contributed by atoms with Crippen molar-refractivity contribution in [2.75, 3.05) is 19.6 Å². The zero-order valence-electron chi connectivity index (χ0n) is 22.5. The number of hydrogen-bond donors (Lipinski definition) is 0. The molecule has 0 aliphatic rings. The fraction of sp³-hybridized carbons (Fsp3) is 0.933. The molecule has 0 fully saturated rings. The highest BCUT2D eigenvalue weighted by molar-refractivity contribution is 5.00. The van der Waals surface area contributed by atoms with Gasteiger partial charge in [0.05, 0.1) is 0 Å². The third-order valence-corrected chi connectivity index (χ3v) is 6.98. The fourth-order valence-electron chi connectivity index (χ4n) is 4.85. The van der Waals surface area contributed by atoms with Crippen molar-refractivity contribution in [3.63, 3.8) is 0 Å². The Morgan fingerprint density at radius 1 is 0.516 bits per heavy atom. The topological polar surface area (TPSA) is 3.24 Å². The van der Waals surface area contributed by atoms with Crippen LogP contribution in [0.5, 0.6) is 0 Å². The molecule has 0 spiro atoms. The van der Waals surface area contributed by atoms with Crippen molar-refractivity contribution >= 4 is 0 Å². The van der Waals surface area contributed by atoms with Gasteiger partial charge in [0, 0.05) is 0 Å². The third kappa shape index (κ3) is 20.1. The maximum absolute atomic E-state index is 4.58. The lowest BCUT2D eigenvalue weighted by molar-refractivity contribution is 0.262. The molecule has 0 N–H and O–H groups in total. The van der Waals surface area contributed by atoms with E-state index in [0.717, 1.165) is 5.92 Å². The van der Waals surface area contributed by atoms with Crippen molar-refractivity contribution in [1.82, 2.24) is 4.90 Å². The van der Waals surface area contributed by atoms with Crippen LogP contribution < -0.4 is 0 Å². The molecule has 0 amide bonds. The van der Waals surface area contributed by atoms with Crippen LogP contribution in [0.25, 0.3) is 0 Å². The van der Waals surface area contributed by atoms with Gasteiger partial charge in [-0.1, -0.05) is 123 Å². The Balaban J connectivity index is 4.15. The first kappa shape index (κ1) is 30.7. The Labute approximate surface area is 198 Å². The molecule has 0 rings (SSSR count). The highest BCUT2D eigenvalue weighted by Crippen LogP contribution is 2.28. The van der Waals surface area contributed by atoms with E-state index in [2.05, 4.69) is 39.2 Å². The Bertz CT molecular complexity index is 361. The predicted octanol–water partition coefficient (Wildman–Crippen LogP) is 10.3. The molecule has 0 aliphatic carbocycles. The zero-order valence-corrected chi connectivity index (χ0v) is 22.5. The van der Waals surface area contributed by atoms with Crippen molar-refractivity contribution in [3.8, 4) is 0 Å². The lowest BCUT2D eigenvalue weighted by Crippen LogP contribution is -2.26. The highest BCUT2D eigenvalue weighted by Gasteiger charge is 2.12. The lowest BCUT2D eigenvalue weighted by atomic mass is 9.86. The van der Waals surface area contributed by atoms with Crippen molar-refractivity contribution in [2.24, 2.45) is 5.92 Å². The van der Waals surface area contributed by atoms with E-state index in [9.17, 15) is 0 Å². The molecular formula is C30H61N. The van der Waals surface area contributed by atoms with Crippen LogP contribution in [0.2, 0.25) is 0 Å². The van der Waals surface area contributed by atoms with Gasteiger partial charge in [0.2, 0.25) is 0 Å². The summed E-state index contributed by atoms with van der Waals surface area (Å²) in [5.74, 6) is 0.800. The molecule has 0 heterocycles. The largest absolute Gasteiger partial charge is 0.303 e. The minimum atomic E-state index is 0.800. The molecule has 0 saturated carbocycles. The molecule has 1 unspecified atom stereocenters. The van der Waals surface area contributed by atoms with Crippen molar-refractivity contribution < 1.29 is 0 Å². The van der Waals surface area contributed by atoms with Gasteiger partial charge in [-0.05, 0) is 70.5 Å². The molecule has 186 valence electrons. The Morgan fingerprint density at radius 3 is 1.55 bits per heavy atom. The Hall–Kier alpha value is -0.300. The van der Waals surface area contributed by atoms with E-state index in [-0.39, 0.29) is 0 Å². The van der Waals surface area contributed by atoms with Crippen LogP contribution in [0.3, 0.4) is 0 Å². The quantitative estimate of drug-likeness (QED) is 0.102. The van der Waals surface area contributed by atoms with Gasteiger partial charge in [0.15, 0.2) is 0 Å². The SMILES string of the molecule is C=C(CCCCCN(CCC)CCCCC)C(CCCCCC)CCCCCCCC. The van der Waals surface area contributed by atoms with Crippen molar-refractivity contribution in [2.45, 2.75) is 156 Å². The molecule has 1 heteroatoms. The summed E-state index contributed by atoms with van der Waals surface area (Å²) in [6.45, 7) is 17.7. The number of allylic oxidation sites excluding steroid dienone is 1. The fourth-order valence-corrected chi connectivity index (χ4v) is 4.85. The van der Waals surface area contributed by atoms with Crippen LogP contribution in [-0.2, 0) is 0 Å². The second kappa shape index (κ2) is 24.3. The maximum atomic E-state index is 4.58. The van der Waals surface area contributed by atoms with Gasteiger partial charge >= 0.3 is 0 Å². The summed E-state index contributed by atoms with van der Waals surface area (Å²) in [4.78, 5) is 2.71. The van der Waals surface area contributed by atoms with Crippen LogP contribution >= 0.6 is 0 Å². The summed E-state index contributed by atoms with van der Waals surface area (Å²) >= 11 is 0. The summed E-state index contributed by atoms with van der Waals surface area (Å²) in [6, 6.07) is 0. The van der Waals surface area contributed by atoms with Crippen LogP contribution in [0.4, 0.5) is 0 Å². The molecule has 0 radical (unpaired) electrons. The van der Waals surface area contributed by atoms with Gasteiger partial charge in [0.1, 0.15) is 0 Å². The molecule has 1 nitrogen and oxygen atoms in total. The van der Waals surface area contributed by atoms with Gasteiger partial charge in [-0.15, -0.1) is 0 Å². The molecule has 0 aromatic rings.